The summed E-state index contributed by atoms with van der Waals surface area (Å²) in [4.78, 5) is 4.57. The van der Waals surface area contributed by atoms with Crippen molar-refractivity contribution >= 4 is 36.5 Å². The van der Waals surface area contributed by atoms with Crippen LogP contribution in [0, 0.1) is 13.8 Å². The van der Waals surface area contributed by atoms with Crippen molar-refractivity contribution in [1.82, 2.24) is 4.98 Å². The quantitative estimate of drug-likeness (QED) is 0.476. The predicted octanol–water partition coefficient (Wildman–Crippen LogP) is 3.25. The number of aromatic nitrogens is 1. The van der Waals surface area contributed by atoms with Gasteiger partial charge >= 0.3 is 0 Å². The summed E-state index contributed by atoms with van der Waals surface area (Å²) in [5.74, 6) is 0.310. The number of nitrogens with zero attached hydrogens (tertiary/aromatic N) is 3. The summed E-state index contributed by atoms with van der Waals surface area (Å²) in [6.45, 7) is 4.21. The summed E-state index contributed by atoms with van der Waals surface area (Å²) >= 11 is 0. The molecule has 25 heavy (non-hydrogen) atoms. The molecule has 0 saturated carbocycles. The van der Waals surface area contributed by atoms with Crippen LogP contribution in [0.15, 0.2) is 46.7 Å². The molecule has 134 valence electrons. The van der Waals surface area contributed by atoms with Crippen molar-refractivity contribution in [2.75, 3.05) is 0 Å². The molecule has 0 saturated heterocycles. The van der Waals surface area contributed by atoms with E-state index in [1.165, 1.54) is 11.1 Å². The molecule has 3 rings (SSSR count). The lowest BCUT2D eigenvalue weighted by Gasteiger charge is -2.27. The van der Waals surface area contributed by atoms with Crippen LogP contribution in [0.4, 0.5) is 0 Å². The zero-order valence-electron chi connectivity index (χ0n) is 14.3. The molecule has 1 aliphatic carbocycles. The van der Waals surface area contributed by atoms with Gasteiger partial charge < -0.3 is 11.5 Å². The average molecular weight is 380 g/mol. The van der Waals surface area contributed by atoms with E-state index in [0.29, 0.717) is 5.92 Å². The topological polar surface area (TPSA) is 89.6 Å². The van der Waals surface area contributed by atoms with Gasteiger partial charge in [-0.25, -0.2) is 0 Å². The molecule has 0 bridgehead atoms. The number of guanidine groups is 1. The minimum Gasteiger partial charge on any atom is -0.369 e. The highest BCUT2D eigenvalue weighted by Crippen LogP contribution is 2.34. The molecule has 7 heteroatoms. The van der Waals surface area contributed by atoms with Gasteiger partial charge in [0, 0.05) is 11.8 Å². The monoisotopic (exact) mass is 379 g/mol. The van der Waals surface area contributed by atoms with Gasteiger partial charge in [-0.15, -0.1) is 29.9 Å². The number of aryl methyl sites for hydroxylation is 2. The van der Waals surface area contributed by atoms with Crippen LogP contribution >= 0.6 is 24.8 Å². The average Bonchev–Trinajstić information content (AvgIpc) is 2.53. The Kier molecular flexibility index (Phi) is 7.39. The van der Waals surface area contributed by atoms with Crippen molar-refractivity contribution in [3.8, 4) is 0 Å². The summed E-state index contributed by atoms with van der Waals surface area (Å²) in [7, 11) is 0. The first-order valence-corrected chi connectivity index (χ1v) is 7.72. The number of halogens is 2. The van der Waals surface area contributed by atoms with E-state index in [2.05, 4.69) is 53.3 Å². The van der Waals surface area contributed by atoms with Gasteiger partial charge in [-0.1, -0.05) is 24.3 Å². The number of rotatable bonds is 2. The predicted molar refractivity (Wildman–Crippen MR) is 108 cm³/mol. The zero-order valence-corrected chi connectivity index (χ0v) is 15.9. The highest BCUT2D eigenvalue weighted by molar-refractivity contribution is 6.04. The summed E-state index contributed by atoms with van der Waals surface area (Å²) < 4.78 is 0. The minimum absolute atomic E-state index is 0. The van der Waals surface area contributed by atoms with E-state index in [-0.39, 0.29) is 30.8 Å². The standard InChI is InChI=1S/C18H21N5.2ClH/c1-11-5-3-4-6-14(11)13-9-15-17(12(2)7-8-21-15)16(10-13)22-23-18(19)20;;/h3-8,13H,9-10H2,1-2H3,(H4,19,20,23);2*1H/b22-16+;;. The van der Waals surface area contributed by atoms with Crippen molar-refractivity contribution in [2.24, 2.45) is 21.7 Å². The van der Waals surface area contributed by atoms with Crippen LogP contribution in [0.1, 0.15) is 40.3 Å². The number of hydrogen-bond donors (Lipinski definition) is 2. The van der Waals surface area contributed by atoms with Gasteiger partial charge in [0.15, 0.2) is 0 Å². The van der Waals surface area contributed by atoms with Crippen LogP contribution < -0.4 is 11.5 Å². The van der Waals surface area contributed by atoms with Crippen molar-refractivity contribution < 1.29 is 0 Å². The molecular weight excluding hydrogens is 357 g/mol. The third-order valence-electron chi connectivity index (χ3n) is 4.32. The Balaban J connectivity index is 0.00000156. The van der Waals surface area contributed by atoms with Crippen LogP contribution in [-0.4, -0.2) is 16.7 Å². The van der Waals surface area contributed by atoms with Crippen molar-refractivity contribution in [2.45, 2.75) is 32.6 Å². The van der Waals surface area contributed by atoms with Gasteiger partial charge in [0.25, 0.3) is 0 Å². The maximum Gasteiger partial charge on any atom is 0.211 e. The Morgan fingerprint density at radius 2 is 1.76 bits per heavy atom. The first kappa shape index (κ1) is 20.9. The molecule has 5 nitrogen and oxygen atoms in total. The molecule has 2 aromatic rings. The van der Waals surface area contributed by atoms with Gasteiger partial charge in [-0.2, -0.15) is 5.10 Å². The third-order valence-corrected chi connectivity index (χ3v) is 4.32. The Bertz CT molecular complexity index is 798. The molecule has 0 aliphatic heterocycles. The fourth-order valence-corrected chi connectivity index (χ4v) is 3.28. The fraction of sp³-hybridized carbons (Fsp3) is 0.278. The van der Waals surface area contributed by atoms with Crippen LogP contribution in [0.3, 0.4) is 0 Å². The smallest absolute Gasteiger partial charge is 0.211 e. The van der Waals surface area contributed by atoms with Crippen LogP contribution in [0.2, 0.25) is 0 Å². The number of fused-ring (bicyclic) bond motifs is 1. The highest BCUT2D eigenvalue weighted by Gasteiger charge is 2.28. The third kappa shape index (κ3) is 4.50. The molecule has 1 aliphatic rings. The Morgan fingerprint density at radius 3 is 2.44 bits per heavy atom. The van der Waals surface area contributed by atoms with Crippen LogP contribution in [-0.2, 0) is 6.42 Å². The summed E-state index contributed by atoms with van der Waals surface area (Å²) in [6.07, 6.45) is 3.57. The fourth-order valence-electron chi connectivity index (χ4n) is 3.28. The first-order chi connectivity index (χ1) is 11.1. The Labute approximate surface area is 160 Å². The maximum absolute atomic E-state index is 5.44. The van der Waals surface area contributed by atoms with E-state index in [1.54, 1.807) is 0 Å². The number of pyridine rings is 1. The lowest BCUT2D eigenvalue weighted by molar-refractivity contribution is 0.673. The lowest BCUT2D eigenvalue weighted by atomic mass is 9.79. The second-order valence-electron chi connectivity index (χ2n) is 5.98. The van der Waals surface area contributed by atoms with E-state index < -0.39 is 0 Å². The SMILES string of the molecule is Cc1ccccc1C1C/C(=N\N=C(N)N)c2c(C)ccnc2C1.Cl.Cl. The van der Waals surface area contributed by atoms with Gasteiger partial charge in [0.2, 0.25) is 5.96 Å². The summed E-state index contributed by atoms with van der Waals surface area (Å²) in [6, 6.07) is 10.5. The van der Waals surface area contributed by atoms with Gasteiger partial charge in [0.1, 0.15) is 0 Å². The molecular formula is C18H23Cl2N5. The first-order valence-electron chi connectivity index (χ1n) is 7.72. The van der Waals surface area contributed by atoms with Crippen molar-refractivity contribution in [3.05, 3.63) is 64.5 Å². The Morgan fingerprint density at radius 1 is 1.04 bits per heavy atom. The van der Waals surface area contributed by atoms with Crippen LogP contribution in [0.25, 0.3) is 0 Å². The minimum atomic E-state index is -0.0291. The normalized spacial score (nSPS) is 17.0. The van der Waals surface area contributed by atoms with Gasteiger partial charge in [-0.3, -0.25) is 4.98 Å². The van der Waals surface area contributed by atoms with E-state index in [0.717, 1.165) is 35.4 Å². The molecule has 1 heterocycles. The van der Waals surface area contributed by atoms with E-state index in [4.69, 9.17) is 11.5 Å². The molecule has 1 unspecified atom stereocenters. The lowest BCUT2D eigenvalue weighted by Crippen LogP contribution is -2.24. The molecule has 1 atom stereocenters. The number of nitrogens with two attached hydrogens (primary N) is 2. The summed E-state index contributed by atoms with van der Waals surface area (Å²) in [5, 5.41) is 8.18. The molecule has 1 aromatic carbocycles. The number of benzene rings is 1. The molecule has 4 N–H and O–H groups in total. The van der Waals surface area contributed by atoms with Crippen molar-refractivity contribution in [3.63, 3.8) is 0 Å². The largest absolute Gasteiger partial charge is 0.369 e. The Hall–Kier alpha value is -2.11. The summed E-state index contributed by atoms with van der Waals surface area (Å²) in [5.41, 5.74) is 17.7. The second-order valence-corrected chi connectivity index (χ2v) is 5.98. The zero-order chi connectivity index (χ0) is 16.4. The molecule has 0 amide bonds. The number of hydrogen-bond acceptors (Lipinski definition) is 3. The maximum atomic E-state index is 5.44. The van der Waals surface area contributed by atoms with E-state index in [1.807, 2.05) is 12.3 Å². The highest BCUT2D eigenvalue weighted by atomic mass is 35.5. The molecule has 0 radical (unpaired) electrons. The second kappa shape index (κ2) is 8.83. The van der Waals surface area contributed by atoms with Crippen LogP contribution in [0.5, 0.6) is 0 Å². The molecule has 1 aromatic heterocycles. The van der Waals surface area contributed by atoms with E-state index in [9.17, 15) is 0 Å². The molecule has 0 spiro atoms. The van der Waals surface area contributed by atoms with Gasteiger partial charge in [-0.05, 0) is 55.4 Å². The van der Waals surface area contributed by atoms with Crippen molar-refractivity contribution in [1.29, 1.82) is 0 Å². The van der Waals surface area contributed by atoms with E-state index >= 15 is 0 Å². The van der Waals surface area contributed by atoms with Gasteiger partial charge in [0.05, 0.1) is 11.4 Å². The molecule has 0 fully saturated rings.